The van der Waals surface area contributed by atoms with Crippen LogP contribution >= 0.6 is 0 Å². The Hall–Kier alpha value is -3.41. The van der Waals surface area contributed by atoms with E-state index in [0.717, 1.165) is 11.3 Å². The van der Waals surface area contributed by atoms with E-state index >= 15 is 0 Å². The summed E-state index contributed by atoms with van der Waals surface area (Å²) >= 11 is 0. The average molecular weight is 363 g/mol. The Kier molecular flexibility index (Phi) is 5.99. The number of aromatic amines is 1. The molecule has 1 amide bonds. The first-order chi connectivity index (χ1) is 13.1. The van der Waals surface area contributed by atoms with Crippen molar-refractivity contribution in [3.05, 3.63) is 76.6 Å². The lowest BCUT2D eigenvalue weighted by atomic mass is 10.1. The Morgan fingerprint density at radius 1 is 1.11 bits per heavy atom. The Morgan fingerprint density at radius 3 is 2.67 bits per heavy atom. The number of nitrogens with zero attached hydrogens (tertiary/aromatic N) is 1. The van der Waals surface area contributed by atoms with Crippen LogP contribution in [0.3, 0.4) is 0 Å². The zero-order valence-corrected chi connectivity index (χ0v) is 15.1. The van der Waals surface area contributed by atoms with Gasteiger partial charge in [-0.2, -0.15) is 5.10 Å². The first-order valence-electron chi connectivity index (χ1n) is 8.76. The molecule has 0 aliphatic heterocycles. The van der Waals surface area contributed by atoms with E-state index in [1.165, 1.54) is 11.6 Å². The summed E-state index contributed by atoms with van der Waals surface area (Å²) in [5.74, 6) is 0.733. The molecule has 0 aliphatic rings. The van der Waals surface area contributed by atoms with Crippen LogP contribution in [0.25, 0.3) is 11.3 Å². The second-order valence-corrected chi connectivity index (χ2v) is 6.20. The largest absolute Gasteiger partial charge is 0.494 e. The number of hydrogen-bond acceptors (Lipinski definition) is 4. The average Bonchev–Trinajstić information content (AvgIpc) is 2.67. The maximum Gasteiger partial charge on any atom is 0.264 e. The summed E-state index contributed by atoms with van der Waals surface area (Å²) in [5, 5.41) is 9.27. The van der Waals surface area contributed by atoms with Gasteiger partial charge in [-0.3, -0.25) is 9.59 Å². The van der Waals surface area contributed by atoms with Crippen molar-refractivity contribution in [2.45, 2.75) is 19.8 Å². The van der Waals surface area contributed by atoms with Crippen molar-refractivity contribution < 1.29 is 9.53 Å². The van der Waals surface area contributed by atoms with E-state index in [1.807, 2.05) is 55.5 Å². The van der Waals surface area contributed by atoms with Crippen molar-refractivity contribution in [3.8, 4) is 17.0 Å². The third-order valence-electron chi connectivity index (χ3n) is 3.96. The fraction of sp³-hybridized carbons (Fsp3) is 0.190. The minimum atomic E-state index is -0.254. The molecule has 0 saturated heterocycles. The van der Waals surface area contributed by atoms with Gasteiger partial charge in [0.15, 0.2) is 0 Å². The number of carbonyl (C=O) groups excluding carboxylic acids is 1. The number of amides is 1. The summed E-state index contributed by atoms with van der Waals surface area (Å²) in [5.41, 5.74) is 3.06. The molecule has 1 aromatic heterocycles. The van der Waals surface area contributed by atoms with E-state index in [9.17, 15) is 9.59 Å². The van der Waals surface area contributed by atoms with Gasteiger partial charge < -0.3 is 10.1 Å². The molecule has 6 heteroatoms. The quantitative estimate of drug-likeness (QED) is 0.629. The maximum atomic E-state index is 12.1. The summed E-state index contributed by atoms with van der Waals surface area (Å²) < 4.78 is 5.63. The molecule has 0 saturated carbocycles. The van der Waals surface area contributed by atoms with Gasteiger partial charge in [-0.25, -0.2) is 5.10 Å². The van der Waals surface area contributed by atoms with Gasteiger partial charge >= 0.3 is 0 Å². The molecule has 0 fully saturated rings. The van der Waals surface area contributed by atoms with Gasteiger partial charge in [0.25, 0.3) is 5.56 Å². The van der Waals surface area contributed by atoms with Crippen LogP contribution in [0.2, 0.25) is 0 Å². The molecule has 0 radical (unpaired) electrons. The van der Waals surface area contributed by atoms with Crippen LogP contribution in [0, 0.1) is 6.92 Å². The van der Waals surface area contributed by atoms with Crippen LogP contribution < -0.4 is 15.6 Å². The number of anilines is 1. The van der Waals surface area contributed by atoms with E-state index in [2.05, 4.69) is 15.5 Å². The zero-order chi connectivity index (χ0) is 19.1. The second-order valence-electron chi connectivity index (χ2n) is 6.20. The summed E-state index contributed by atoms with van der Waals surface area (Å²) in [6.07, 6.45) is 0.994. The first-order valence-corrected chi connectivity index (χ1v) is 8.76. The van der Waals surface area contributed by atoms with Crippen molar-refractivity contribution in [1.29, 1.82) is 0 Å². The molecule has 6 nitrogen and oxygen atoms in total. The highest BCUT2D eigenvalue weighted by atomic mass is 16.5. The number of aryl methyl sites for hydroxylation is 1. The number of rotatable bonds is 7. The predicted molar refractivity (Wildman–Crippen MR) is 105 cm³/mol. The van der Waals surface area contributed by atoms with E-state index in [-0.39, 0.29) is 11.5 Å². The Bertz CT molecular complexity index is 944. The maximum absolute atomic E-state index is 12.1. The molecular weight excluding hydrogens is 342 g/mol. The zero-order valence-electron chi connectivity index (χ0n) is 15.1. The monoisotopic (exact) mass is 363 g/mol. The van der Waals surface area contributed by atoms with Crippen molar-refractivity contribution in [3.63, 3.8) is 0 Å². The summed E-state index contributed by atoms with van der Waals surface area (Å²) in [6.45, 7) is 2.51. The van der Waals surface area contributed by atoms with Gasteiger partial charge in [-0.1, -0.05) is 29.8 Å². The fourth-order valence-corrected chi connectivity index (χ4v) is 2.54. The van der Waals surface area contributed by atoms with Crippen LogP contribution in [0.1, 0.15) is 18.4 Å². The number of carbonyl (C=O) groups is 1. The van der Waals surface area contributed by atoms with Gasteiger partial charge in [-0.05, 0) is 43.7 Å². The fourth-order valence-electron chi connectivity index (χ4n) is 2.54. The Labute approximate surface area is 157 Å². The van der Waals surface area contributed by atoms with Gasteiger partial charge in [-0.15, -0.1) is 0 Å². The first kappa shape index (κ1) is 18.4. The minimum Gasteiger partial charge on any atom is -0.494 e. The lowest BCUT2D eigenvalue weighted by Gasteiger charge is -2.08. The smallest absolute Gasteiger partial charge is 0.264 e. The normalized spacial score (nSPS) is 10.4. The third-order valence-corrected chi connectivity index (χ3v) is 3.96. The van der Waals surface area contributed by atoms with Crippen LogP contribution in [-0.4, -0.2) is 22.7 Å². The summed E-state index contributed by atoms with van der Waals surface area (Å²) in [7, 11) is 0. The number of benzene rings is 2. The summed E-state index contributed by atoms with van der Waals surface area (Å²) in [6, 6.07) is 18.2. The van der Waals surface area contributed by atoms with Crippen LogP contribution in [0.4, 0.5) is 5.69 Å². The highest BCUT2D eigenvalue weighted by Crippen LogP contribution is 2.20. The van der Waals surface area contributed by atoms with Gasteiger partial charge in [0.2, 0.25) is 5.91 Å². The molecule has 138 valence electrons. The number of H-pyrrole nitrogens is 1. The molecule has 0 spiro atoms. The van der Waals surface area contributed by atoms with E-state index in [0.29, 0.717) is 30.8 Å². The van der Waals surface area contributed by atoms with Crippen LogP contribution in [0.15, 0.2) is 65.5 Å². The third kappa shape index (κ3) is 5.54. The predicted octanol–water partition coefficient (Wildman–Crippen LogP) is 3.54. The minimum absolute atomic E-state index is 0.0749. The molecule has 2 aromatic carbocycles. The van der Waals surface area contributed by atoms with Gasteiger partial charge in [0.1, 0.15) is 5.75 Å². The number of ether oxygens (including phenoxy) is 1. The van der Waals surface area contributed by atoms with E-state index in [4.69, 9.17) is 4.74 Å². The van der Waals surface area contributed by atoms with E-state index < -0.39 is 0 Å². The highest BCUT2D eigenvalue weighted by molar-refractivity contribution is 5.91. The van der Waals surface area contributed by atoms with E-state index in [1.54, 1.807) is 6.07 Å². The molecule has 0 unspecified atom stereocenters. The topological polar surface area (TPSA) is 84.1 Å². The molecular formula is C21H21N3O3. The molecule has 27 heavy (non-hydrogen) atoms. The molecule has 2 N–H and O–H groups in total. The van der Waals surface area contributed by atoms with Crippen molar-refractivity contribution in [2.75, 3.05) is 11.9 Å². The molecule has 1 heterocycles. The number of hydrogen-bond donors (Lipinski definition) is 2. The highest BCUT2D eigenvalue weighted by Gasteiger charge is 2.05. The van der Waals surface area contributed by atoms with Crippen molar-refractivity contribution >= 4 is 11.6 Å². The standard InChI is InChI=1S/C21H21N3O3/c1-15-7-9-18(10-8-15)27-13-3-6-20(25)22-17-5-2-4-16(14-17)19-11-12-21(26)24-23-19/h2,4-5,7-12,14H,3,6,13H2,1H3,(H,22,25)(H,24,26). The van der Waals surface area contributed by atoms with Crippen molar-refractivity contribution in [1.82, 2.24) is 10.2 Å². The van der Waals surface area contributed by atoms with Gasteiger partial charge in [0, 0.05) is 23.7 Å². The van der Waals surface area contributed by atoms with Crippen LogP contribution in [-0.2, 0) is 4.79 Å². The molecule has 3 aromatic rings. The van der Waals surface area contributed by atoms with Crippen molar-refractivity contribution in [2.24, 2.45) is 0 Å². The number of aromatic nitrogens is 2. The van der Waals surface area contributed by atoms with Gasteiger partial charge in [0.05, 0.1) is 12.3 Å². The Balaban J connectivity index is 1.49. The van der Waals surface area contributed by atoms with Crippen LogP contribution in [0.5, 0.6) is 5.75 Å². The SMILES string of the molecule is Cc1ccc(OCCCC(=O)Nc2cccc(-c3ccc(=O)[nH]n3)c2)cc1. The molecule has 0 bridgehead atoms. The molecule has 3 rings (SSSR count). The second kappa shape index (κ2) is 8.80. The molecule has 0 aliphatic carbocycles. The summed E-state index contributed by atoms with van der Waals surface area (Å²) in [4.78, 5) is 23.2. The lowest BCUT2D eigenvalue weighted by Crippen LogP contribution is -2.13. The lowest BCUT2D eigenvalue weighted by molar-refractivity contribution is -0.116. The number of nitrogens with one attached hydrogen (secondary N) is 2. The molecule has 0 atom stereocenters. The Morgan fingerprint density at radius 2 is 1.93 bits per heavy atom.